The van der Waals surface area contributed by atoms with Crippen molar-refractivity contribution in [2.24, 2.45) is 0 Å². The van der Waals surface area contributed by atoms with Crippen LogP contribution in [0.15, 0.2) is 46.9 Å². The maximum atomic E-state index is 12.3. The van der Waals surface area contributed by atoms with Gasteiger partial charge in [-0.25, -0.2) is 0 Å². The second kappa shape index (κ2) is 7.59. The Hall–Kier alpha value is -1.36. The molecule has 0 aromatic heterocycles. The van der Waals surface area contributed by atoms with Crippen LogP contribution < -0.4 is 5.32 Å². The molecule has 21 heavy (non-hydrogen) atoms. The van der Waals surface area contributed by atoms with Gasteiger partial charge < -0.3 is 10.4 Å². The summed E-state index contributed by atoms with van der Waals surface area (Å²) >= 11 is 9.27. The number of halogens is 2. The van der Waals surface area contributed by atoms with Crippen LogP contribution in [-0.2, 0) is 6.42 Å². The van der Waals surface area contributed by atoms with Crippen LogP contribution in [0.3, 0.4) is 0 Å². The number of nitrogens with one attached hydrogen (secondary N) is 1. The number of carbonyl (C=O) groups is 1. The largest absolute Gasteiger partial charge is 0.396 e. The quantitative estimate of drug-likeness (QED) is 0.827. The third-order valence-electron chi connectivity index (χ3n) is 2.98. The molecule has 1 amide bonds. The summed E-state index contributed by atoms with van der Waals surface area (Å²) in [6.45, 7) is 0.159. The topological polar surface area (TPSA) is 49.3 Å². The molecule has 2 rings (SSSR count). The molecule has 0 fully saturated rings. The fourth-order valence-electron chi connectivity index (χ4n) is 1.96. The summed E-state index contributed by atoms with van der Waals surface area (Å²) in [7, 11) is 0. The summed E-state index contributed by atoms with van der Waals surface area (Å²) in [5, 5.41) is 12.2. The van der Waals surface area contributed by atoms with Crippen LogP contribution in [0.5, 0.6) is 0 Å². The minimum Gasteiger partial charge on any atom is -0.396 e. The zero-order chi connectivity index (χ0) is 15.2. The number of aryl methyl sites for hydroxylation is 1. The highest BCUT2D eigenvalue weighted by Gasteiger charge is 2.11. The lowest BCUT2D eigenvalue weighted by molar-refractivity contribution is 0.102. The van der Waals surface area contributed by atoms with Gasteiger partial charge in [-0.3, -0.25) is 4.79 Å². The third kappa shape index (κ3) is 4.56. The zero-order valence-electron chi connectivity index (χ0n) is 11.3. The number of amides is 1. The smallest absolute Gasteiger partial charge is 0.256 e. The first-order chi connectivity index (χ1) is 10.1. The molecule has 2 N–H and O–H groups in total. The average Bonchev–Trinajstić information content (AvgIpc) is 2.48. The van der Waals surface area contributed by atoms with E-state index in [4.69, 9.17) is 16.7 Å². The van der Waals surface area contributed by atoms with Crippen molar-refractivity contribution in [3.8, 4) is 0 Å². The van der Waals surface area contributed by atoms with Gasteiger partial charge in [-0.1, -0.05) is 23.7 Å². The fraction of sp³-hybridized carbons (Fsp3) is 0.188. The lowest BCUT2D eigenvalue weighted by Gasteiger charge is -2.09. The van der Waals surface area contributed by atoms with Gasteiger partial charge in [0.25, 0.3) is 5.91 Å². The molecule has 3 nitrogen and oxygen atoms in total. The first-order valence-corrected chi connectivity index (χ1v) is 7.73. The summed E-state index contributed by atoms with van der Waals surface area (Å²) < 4.78 is 0.695. The van der Waals surface area contributed by atoms with Gasteiger partial charge in [0.2, 0.25) is 0 Å². The van der Waals surface area contributed by atoms with Gasteiger partial charge in [-0.2, -0.15) is 0 Å². The summed E-state index contributed by atoms with van der Waals surface area (Å²) in [6, 6.07) is 12.7. The molecule has 5 heteroatoms. The van der Waals surface area contributed by atoms with E-state index < -0.39 is 0 Å². The van der Waals surface area contributed by atoms with Gasteiger partial charge in [-0.15, -0.1) is 0 Å². The van der Waals surface area contributed by atoms with E-state index in [0.29, 0.717) is 21.5 Å². The highest BCUT2D eigenvalue weighted by Crippen LogP contribution is 2.22. The Morgan fingerprint density at radius 2 is 2.05 bits per heavy atom. The molecule has 0 bridgehead atoms. The van der Waals surface area contributed by atoms with Crippen molar-refractivity contribution in [1.82, 2.24) is 0 Å². The van der Waals surface area contributed by atoms with Crippen LogP contribution in [-0.4, -0.2) is 17.6 Å². The monoisotopic (exact) mass is 367 g/mol. The van der Waals surface area contributed by atoms with E-state index in [1.165, 1.54) is 0 Å². The van der Waals surface area contributed by atoms with Crippen LogP contribution >= 0.6 is 27.5 Å². The van der Waals surface area contributed by atoms with Crippen molar-refractivity contribution in [1.29, 1.82) is 0 Å². The number of hydrogen-bond acceptors (Lipinski definition) is 2. The molecule has 0 spiro atoms. The Balaban J connectivity index is 2.14. The molecule has 0 aliphatic carbocycles. The lowest BCUT2D eigenvalue weighted by Crippen LogP contribution is -2.12. The Morgan fingerprint density at radius 1 is 1.24 bits per heavy atom. The van der Waals surface area contributed by atoms with Crippen molar-refractivity contribution in [2.45, 2.75) is 12.8 Å². The highest BCUT2D eigenvalue weighted by molar-refractivity contribution is 9.10. The molecule has 0 aliphatic rings. The molecule has 0 heterocycles. The number of aliphatic hydroxyl groups is 1. The minimum absolute atomic E-state index is 0.159. The number of aliphatic hydroxyl groups excluding tert-OH is 1. The summed E-state index contributed by atoms with van der Waals surface area (Å²) in [5.74, 6) is -0.219. The van der Waals surface area contributed by atoms with E-state index in [-0.39, 0.29) is 12.5 Å². The van der Waals surface area contributed by atoms with Crippen LogP contribution in [0.25, 0.3) is 0 Å². The summed E-state index contributed by atoms with van der Waals surface area (Å²) in [6.07, 6.45) is 1.48. The van der Waals surface area contributed by atoms with Crippen molar-refractivity contribution >= 4 is 39.1 Å². The van der Waals surface area contributed by atoms with Gasteiger partial charge >= 0.3 is 0 Å². The van der Waals surface area contributed by atoms with Gasteiger partial charge in [0, 0.05) is 21.8 Å². The molecular weight excluding hydrogens is 354 g/mol. The van der Waals surface area contributed by atoms with Crippen molar-refractivity contribution in [3.05, 3.63) is 63.1 Å². The van der Waals surface area contributed by atoms with E-state index >= 15 is 0 Å². The number of hydrogen-bond donors (Lipinski definition) is 2. The van der Waals surface area contributed by atoms with Crippen LogP contribution in [0, 0.1) is 0 Å². The Labute approximate surface area is 137 Å². The highest BCUT2D eigenvalue weighted by atomic mass is 79.9. The molecule has 0 radical (unpaired) electrons. The van der Waals surface area contributed by atoms with Gasteiger partial charge in [0.15, 0.2) is 0 Å². The second-order valence-electron chi connectivity index (χ2n) is 4.61. The second-order valence-corrected chi connectivity index (χ2v) is 5.90. The van der Waals surface area contributed by atoms with Crippen LogP contribution in [0.2, 0.25) is 5.02 Å². The van der Waals surface area contributed by atoms with E-state index in [2.05, 4.69) is 21.2 Å². The average molecular weight is 369 g/mol. The van der Waals surface area contributed by atoms with Gasteiger partial charge in [0.05, 0.1) is 5.56 Å². The summed E-state index contributed by atoms with van der Waals surface area (Å²) in [5.41, 5.74) is 2.29. The van der Waals surface area contributed by atoms with Crippen molar-refractivity contribution in [3.63, 3.8) is 0 Å². The van der Waals surface area contributed by atoms with E-state index in [9.17, 15) is 4.79 Å². The lowest BCUT2D eigenvalue weighted by atomic mass is 10.1. The normalized spacial score (nSPS) is 10.4. The molecule has 0 atom stereocenters. The molecule has 2 aromatic carbocycles. The fourth-order valence-corrected chi connectivity index (χ4v) is 2.56. The summed E-state index contributed by atoms with van der Waals surface area (Å²) in [4.78, 5) is 12.3. The molecule has 0 unspecified atom stereocenters. The Morgan fingerprint density at radius 3 is 2.81 bits per heavy atom. The van der Waals surface area contributed by atoms with Gasteiger partial charge in [-0.05, 0) is 64.7 Å². The third-order valence-corrected chi connectivity index (χ3v) is 3.91. The molecule has 0 saturated heterocycles. The molecule has 110 valence electrons. The predicted molar refractivity (Wildman–Crippen MR) is 89.0 cm³/mol. The van der Waals surface area contributed by atoms with Crippen molar-refractivity contribution in [2.75, 3.05) is 11.9 Å². The number of rotatable bonds is 5. The predicted octanol–water partition coefficient (Wildman–Crippen LogP) is 4.28. The standard InChI is InChI=1S/C16H15BrClNO2/c17-15-7-6-12(18)10-14(15)16(21)19-13-5-1-3-11(9-13)4-2-8-20/h1,3,5-7,9-10,20H,2,4,8H2,(H,19,21). The molecular formula is C16H15BrClNO2. The SMILES string of the molecule is O=C(Nc1cccc(CCCO)c1)c1cc(Cl)ccc1Br. The van der Waals surface area contributed by atoms with Gasteiger partial charge in [0.1, 0.15) is 0 Å². The van der Waals surface area contributed by atoms with E-state index in [1.54, 1.807) is 18.2 Å². The molecule has 0 aliphatic heterocycles. The first-order valence-electron chi connectivity index (χ1n) is 6.56. The van der Waals surface area contributed by atoms with Crippen molar-refractivity contribution < 1.29 is 9.90 Å². The maximum absolute atomic E-state index is 12.3. The van der Waals surface area contributed by atoms with Crippen LogP contribution in [0.1, 0.15) is 22.3 Å². The zero-order valence-corrected chi connectivity index (χ0v) is 13.6. The maximum Gasteiger partial charge on any atom is 0.256 e. The Bertz CT molecular complexity index is 646. The van der Waals surface area contributed by atoms with Crippen LogP contribution in [0.4, 0.5) is 5.69 Å². The number of anilines is 1. The first kappa shape index (κ1) is 16.0. The molecule has 0 saturated carbocycles. The van der Waals surface area contributed by atoms with E-state index in [1.807, 2.05) is 24.3 Å². The minimum atomic E-state index is -0.219. The number of carbonyl (C=O) groups excluding carboxylic acids is 1. The number of benzene rings is 2. The van der Waals surface area contributed by atoms with E-state index in [0.717, 1.165) is 17.7 Å². The molecule has 2 aromatic rings. The Kier molecular flexibility index (Phi) is 5.79.